The van der Waals surface area contributed by atoms with Crippen molar-refractivity contribution in [1.82, 2.24) is 14.9 Å². The van der Waals surface area contributed by atoms with E-state index in [9.17, 15) is 4.79 Å². The van der Waals surface area contributed by atoms with E-state index >= 15 is 0 Å². The van der Waals surface area contributed by atoms with Gasteiger partial charge in [-0.3, -0.25) is 14.6 Å². The molecule has 3 aromatic rings. The van der Waals surface area contributed by atoms with Crippen LogP contribution in [-0.2, 0) is 4.74 Å². The first kappa shape index (κ1) is 22.4. The number of benzene rings is 1. The zero-order valence-electron chi connectivity index (χ0n) is 17.8. The normalized spacial score (nSPS) is 14.8. The van der Waals surface area contributed by atoms with E-state index in [0.717, 1.165) is 54.7 Å². The van der Waals surface area contributed by atoms with Gasteiger partial charge in [-0.15, -0.1) is 11.3 Å². The van der Waals surface area contributed by atoms with Gasteiger partial charge < -0.3 is 9.47 Å². The van der Waals surface area contributed by atoms with E-state index in [1.165, 1.54) is 22.7 Å². The lowest BCUT2D eigenvalue weighted by molar-refractivity contribution is 0.0376. The van der Waals surface area contributed by atoms with Crippen molar-refractivity contribution in [2.24, 2.45) is 0 Å². The lowest BCUT2D eigenvalue weighted by Gasteiger charge is -2.27. The number of halogens is 1. The fourth-order valence-corrected chi connectivity index (χ4v) is 5.78. The third-order valence-corrected chi connectivity index (χ3v) is 7.80. The summed E-state index contributed by atoms with van der Waals surface area (Å²) in [6, 6.07) is 3.60. The molecule has 1 fully saturated rings. The maximum atomic E-state index is 13.5. The third-order valence-electron chi connectivity index (χ3n) is 5.20. The number of thiazole rings is 2. The summed E-state index contributed by atoms with van der Waals surface area (Å²) in [6.45, 7) is 8.63. The number of carbonyl (C=O) groups is 1. The molecular weight excluding hydrogens is 456 g/mol. The standard InChI is InChI=1S/C21H25ClN4O3S2/c1-13-18(30-14(2)23-13)20(27)26(8-4-7-25-9-11-29-12-10-25)21-24-17-16(28-3)6-5-15(22)19(17)31-21/h5-6H,4,7-12H2,1-3H3. The van der Waals surface area contributed by atoms with Gasteiger partial charge in [0.1, 0.15) is 16.1 Å². The van der Waals surface area contributed by atoms with Gasteiger partial charge in [-0.05, 0) is 32.4 Å². The maximum absolute atomic E-state index is 13.5. The monoisotopic (exact) mass is 480 g/mol. The van der Waals surface area contributed by atoms with E-state index in [1.807, 2.05) is 13.8 Å². The molecule has 1 aromatic carbocycles. The number of ether oxygens (including phenoxy) is 2. The molecule has 0 aliphatic carbocycles. The number of aryl methyl sites for hydroxylation is 2. The Morgan fingerprint density at radius 2 is 2.03 bits per heavy atom. The molecule has 1 aliphatic rings. The van der Waals surface area contributed by atoms with E-state index in [-0.39, 0.29) is 5.91 Å². The lowest BCUT2D eigenvalue weighted by Crippen LogP contribution is -2.39. The molecule has 0 atom stereocenters. The highest BCUT2D eigenvalue weighted by Gasteiger charge is 2.26. The second-order valence-electron chi connectivity index (χ2n) is 7.34. The molecular formula is C21H25ClN4O3S2. The molecule has 0 bridgehead atoms. The summed E-state index contributed by atoms with van der Waals surface area (Å²) < 4.78 is 11.7. The number of rotatable bonds is 7. The van der Waals surface area contributed by atoms with Crippen LogP contribution in [0.4, 0.5) is 5.13 Å². The average molecular weight is 481 g/mol. The van der Waals surface area contributed by atoms with E-state index in [2.05, 4.69) is 9.88 Å². The molecule has 0 spiro atoms. The number of aromatic nitrogens is 2. The van der Waals surface area contributed by atoms with E-state index in [4.69, 9.17) is 26.1 Å². The Bertz CT molecular complexity index is 1080. The van der Waals surface area contributed by atoms with Gasteiger partial charge in [-0.2, -0.15) is 0 Å². The highest BCUT2D eigenvalue weighted by atomic mass is 35.5. The molecule has 1 aliphatic heterocycles. The van der Waals surface area contributed by atoms with Crippen LogP contribution in [0.1, 0.15) is 26.8 Å². The lowest BCUT2D eigenvalue weighted by atomic mass is 10.3. The van der Waals surface area contributed by atoms with Crippen molar-refractivity contribution in [2.75, 3.05) is 51.4 Å². The van der Waals surface area contributed by atoms with Crippen molar-refractivity contribution in [3.63, 3.8) is 0 Å². The molecule has 1 saturated heterocycles. The number of fused-ring (bicyclic) bond motifs is 1. The summed E-state index contributed by atoms with van der Waals surface area (Å²) >= 11 is 9.26. The Labute approximate surface area is 194 Å². The molecule has 0 radical (unpaired) electrons. The number of methoxy groups -OCH3 is 1. The second-order valence-corrected chi connectivity index (χ2v) is 9.92. The van der Waals surface area contributed by atoms with Crippen LogP contribution in [-0.4, -0.2) is 67.3 Å². The minimum atomic E-state index is -0.0702. The van der Waals surface area contributed by atoms with Crippen molar-refractivity contribution < 1.29 is 14.3 Å². The summed E-state index contributed by atoms with van der Waals surface area (Å²) in [7, 11) is 1.61. The second kappa shape index (κ2) is 9.79. The van der Waals surface area contributed by atoms with Gasteiger partial charge in [0.05, 0.1) is 40.7 Å². The highest BCUT2D eigenvalue weighted by molar-refractivity contribution is 7.23. The van der Waals surface area contributed by atoms with Crippen LogP contribution in [0.25, 0.3) is 10.2 Å². The Morgan fingerprint density at radius 1 is 1.26 bits per heavy atom. The number of amides is 1. The van der Waals surface area contributed by atoms with Crippen molar-refractivity contribution >= 4 is 55.5 Å². The van der Waals surface area contributed by atoms with Crippen LogP contribution in [0.3, 0.4) is 0 Å². The summed E-state index contributed by atoms with van der Waals surface area (Å²) in [5.41, 5.74) is 1.43. The van der Waals surface area contributed by atoms with Gasteiger partial charge in [-0.25, -0.2) is 9.97 Å². The van der Waals surface area contributed by atoms with Crippen LogP contribution < -0.4 is 9.64 Å². The van der Waals surface area contributed by atoms with Gasteiger partial charge in [0.15, 0.2) is 5.13 Å². The van der Waals surface area contributed by atoms with Crippen molar-refractivity contribution in [1.29, 1.82) is 0 Å². The van der Waals surface area contributed by atoms with E-state index in [1.54, 1.807) is 24.1 Å². The van der Waals surface area contributed by atoms with Crippen molar-refractivity contribution in [2.45, 2.75) is 20.3 Å². The smallest absolute Gasteiger partial charge is 0.272 e. The van der Waals surface area contributed by atoms with Crippen LogP contribution in [0.15, 0.2) is 12.1 Å². The molecule has 2 aromatic heterocycles. The topological polar surface area (TPSA) is 67.8 Å². The number of anilines is 1. The molecule has 31 heavy (non-hydrogen) atoms. The van der Waals surface area contributed by atoms with Crippen LogP contribution in [0, 0.1) is 13.8 Å². The molecule has 10 heteroatoms. The summed E-state index contributed by atoms with van der Waals surface area (Å²) in [5.74, 6) is 0.576. The predicted molar refractivity (Wildman–Crippen MR) is 126 cm³/mol. The Balaban J connectivity index is 1.64. The zero-order valence-corrected chi connectivity index (χ0v) is 20.2. The number of morpholine rings is 1. The van der Waals surface area contributed by atoms with Crippen molar-refractivity contribution in [3.8, 4) is 5.75 Å². The molecule has 4 rings (SSSR count). The Hall–Kier alpha value is -1.78. The quantitative estimate of drug-likeness (QED) is 0.499. The molecule has 0 unspecified atom stereocenters. The number of carbonyl (C=O) groups excluding carboxylic acids is 1. The number of hydrogen-bond acceptors (Lipinski definition) is 8. The van der Waals surface area contributed by atoms with Crippen LogP contribution in [0.2, 0.25) is 5.02 Å². The van der Waals surface area contributed by atoms with Crippen molar-refractivity contribution in [3.05, 3.63) is 32.7 Å². The van der Waals surface area contributed by atoms with Gasteiger partial charge in [0, 0.05) is 26.2 Å². The zero-order chi connectivity index (χ0) is 22.0. The van der Waals surface area contributed by atoms with Gasteiger partial charge in [0.2, 0.25) is 0 Å². The van der Waals surface area contributed by atoms with E-state index < -0.39 is 0 Å². The van der Waals surface area contributed by atoms with E-state index in [0.29, 0.717) is 32.8 Å². The number of nitrogens with zero attached hydrogens (tertiary/aromatic N) is 4. The Kier molecular flexibility index (Phi) is 7.08. The minimum absolute atomic E-state index is 0.0702. The Morgan fingerprint density at radius 3 is 2.71 bits per heavy atom. The fraction of sp³-hybridized carbons (Fsp3) is 0.476. The minimum Gasteiger partial charge on any atom is -0.494 e. The molecule has 166 valence electrons. The molecule has 1 amide bonds. The van der Waals surface area contributed by atoms with Gasteiger partial charge in [-0.1, -0.05) is 22.9 Å². The largest absolute Gasteiger partial charge is 0.494 e. The van der Waals surface area contributed by atoms with Crippen LogP contribution in [0.5, 0.6) is 5.75 Å². The first-order chi connectivity index (χ1) is 15.0. The average Bonchev–Trinajstić information content (AvgIpc) is 3.35. The molecule has 0 saturated carbocycles. The van der Waals surface area contributed by atoms with Gasteiger partial charge >= 0.3 is 0 Å². The summed E-state index contributed by atoms with van der Waals surface area (Å²) in [5, 5.41) is 2.10. The highest BCUT2D eigenvalue weighted by Crippen LogP contribution is 2.39. The first-order valence-corrected chi connectivity index (χ1v) is 12.2. The fourth-order valence-electron chi connectivity index (χ4n) is 3.63. The molecule has 7 nitrogen and oxygen atoms in total. The first-order valence-electron chi connectivity index (χ1n) is 10.2. The molecule has 3 heterocycles. The molecule has 0 N–H and O–H groups in total. The SMILES string of the molecule is COc1ccc(Cl)c2sc(N(CCCN3CCOCC3)C(=O)c3sc(C)nc3C)nc12. The van der Waals surface area contributed by atoms with Gasteiger partial charge in [0.25, 0.3) is 5.91 Å². The maximum Gasteiger partial charge on any atom is 0.272 e. The number of hydrogen-bond donors (Lipinski definition) is 0. The summed E-state index contributed by atoms with van der Waals surface area (Å²) in [6.07, 6.45) is 0.837. The predicted octanol–water partition coefficient (Wildman–Crippen LogP) is 4.40. The summed E-state index contributed by atoms with van der Waals surface area (Å²) in [4.78, 5) is 27.5. The third kappa shape index (κ3) is 4.85. The van der Waals surface area contributed by atoms with Crippen LogP contribution >= 0.6 is 34.3 Å².